The number of likely N-dealkylation sites (N-methyl/N-ethyl adjacent to an activating group) is 1. The summed E-state index contributed by atoms with van der Waals surface area (Å²) in [6.45, 7) is 4.00. The highest BCUT2D eigenvalue weighted by molar-refractivity contribution is 6.35. The van der Waals surface area contributed by atoms with Crippen molar-refractivity contribution < 1.29 is 4.79 Å². The van der Waals surface area contributed by atoms with Crippen LogP contribution in [0.3, 0.4) is 0 Å². The zero-order valence-corrected chi connectivity index (χ0v) is 19.5. The fourth-order valence-electron chi connectivity index (χ4n) is 3.84. The number of carbonyl (C=O) groups is 1. The Morgan fingerprint density at radius 1 is 1.06 bits per heavy atom. The minimum atomic E-state index is -0.293. The number of aromatic nitrogens is 3. The smallest absolute Gasteiger partial charge is 0.255 e. The van der Waals surface area contributed by atoms with Crippen LogP contribution in [-0.2, 0) is 0 Å². The van der Waals surface area contributed by atoms with Crippen molar-refractivity contribution in [3.63, 3.8) is 0 Å². The van der Waals surface area contributed by atoms with Crippen LogP contribution in [0.4, 0.5) is 11.5 Å². The molecule has 1 saturated heterocycles. The molecule has 1 aliphatic heterocycles. The summed E-state index contributed by atoms with van der Waals surface area (Å²) in [4.78, 5) is 29.8. The van der Waals surface area contributed by atoms with Crippen LogP contribution in [0, 0.1) is 0 Å². The maximum Gasteiger partial charge on any atom is 0.255 e. The summed E-state index contributed by atoms with van der Waals surface area (Å²) in [5, 5.41) is 3.74. The van der Waals surface area contributed by atoms with Gasteiger partial charge >= 0.3 is 0 Å². The summed E-state index contributed by atoms with van der Waals surface area (Å²) in [5.41, 5.74) is 3.28. The number of carbonyl (C=O) groups excluding carboxylic acids is 1. The second-order valence-electron chi connectivity index (χ2n) is 8.09. The third-order valence-electron chi connectivity index (χ3n) is 5.75. The second kappa shape index (κ2) is 9.02. The number of hydrogen-bond donors (Lipinski definition) is 2. The van der Waals surface area contributed by atoms with Crippen LogP contribution in [0.1, 0.15) is 10.4 Å². The van der Waals surface area contributed by atoms with Gasteiger partial charge < -0.3 is 20.1 Å². The van der Waals surface area contributed by atoms with E-state index in [1.165, 1.54) is 0 Å². The summed E-state index contributed by atoms with van der Waals surface area (Å²) in [6, 6.07) is 14.3. The average Bonchev–Trinajstić information content (AvgIpc) is 3.22. The first kappa shape index (κ1) is 21.7. The molecule has 33 heavy (non-hydrogen) atoms. The van der Waals surface area contributed by atoms with Crippen LogP contribution in [0.25, 0.3) is 22.4 Å². The molecule has 0 radical (unpaired) electrons. The third kappa shape index (κ3) is 4.66. The monoisotopic (exact) mass is 480 g/mol. The fourth-order valence-corrected chi connectivity index (χ4v) is 4.24. The molecule has 0 saturated carbocycles. The number of pyridine rings is 1. The van der Waals surface area contributed by atoms with Gasteiger partial charge in [-0.15, -0.1) is 0 Å². The predicted molar refractivity (Wildman–Crippen MR) is 133 cm³/mol. The van der Waals surface area contributed by atoms with E-state index in [2.05, 4.69) is 37.1 Å². The van der Waals surface area contributed by atoms with Crippen molar-refractivity contribution in [3.05, 3.63) is 70.3 Å². The zero-order valence-electron chi connectivity index (χ0n) is 18.0. The molecule has 9 heteroatoms. The molecular weight excluding hydrogens is 459 g/mol. The molecule has 0 spiro atoms. The maximum absolute atomic E-state index is 12.6. The molecule has 1 aliphatic rings. The number of anilines is 2. The van der Waals surface area contributed by atoms with Gasteiger partial charge in [0.1, 0.15) is 11.6 Å². The molecule has 2 aromatic carbocycles. The highest BCUT2D eigenvalue weighted by atomic mass is 35.5. The fraction of sp³-hybridized carbons (Fsp3) is 0.208. The number of hydrogen-bond acceptors (Lipinski definition) is 5. The van der Waals surface area contributed by atoms with E-state index in [1.54, 1.807) is 36.4 Å². The van der Waals surface area contributed by atoms with Gasteiger partial charge in [0.25, 0.3) is 5.91 Å². The summed E-state index contributed by atoms with van der Waals surface area (Å²) in [7, 11) is 2.13. The Kier molecular flexibility index (Phi) is 5.93. The molecule has 168 valence electrons. The molecule has 1 fully saturated rings. The molecule has 5 rings (SSSR count). The van der Waals surface area contributed by atoms with Crippen LogP contribution < -0.4 is 10.2 Å². The van der Waals surface area contributed by atoms with E-state index < -0.39 is 0 Å². The van der Waals surface area contributed by atoms with Crippen LogP contribution >= 0.6 is 23.2 Å². The van der Waals surface area contributed by atoms with E-state index in [1.807, 2.05) is 18.3 Å². The van der Waals surface area contributed by atoms with Crippen molar-refractivity contribution in [1.29, 1.82) is 0 Å². The van der Waals surface area contributed by atoms with Gasteiger partial charge in [0.15, 0.2) is 0 Å². The molecule has 2 N–H and O–H groups in total. The van der Waals surface area contributed by atoms with Crippen molar-refractivity contribution >= 4 is 51.6 Å². The molecule has 4 aromatic rings. The van der Waals surface area contributed by atoms with Crippen LogP contribution in [0.5, 0.6) is 0 Å². The molecule has 2 aromatic heterocycles. The summed E-state index contributed by atoms with van der Waals surface area (Å²) in [5.74, 6) is 1.37. The number of H-pyrrole nitrogens is 1. The molecule has 1 amide bonds. The van der Waals surface area contributed by atoms with E-state index in [0.29, 0.717) is 32.6 Å². The Hall–Kier alpha value is -3.13. The van der Waals surface area contributed by atoms with Gasteiger partial charge in [-0.3, -0.25) is 4.79 Å². The summed E-state index contributed by atoms with van der Waals surface area (Å²) < 4.78 is 0. The maximum atomic E-state index is 12.6. The molecule has 0 atom stereocenters. The lowest BCUT2D eigenvalue weighted by atomic mass is 10.2. The van der Waals surface area contributed by atoms with Crippen molar-refractivity contribution in [2.45, 2.75) is 0 Å². The Morgan fingerprint density at radius 2 is 1.88 bits per heavy atom. The van der Waals surface area contributed by atoms with Gasteiger partial charge in [0.05, 0.1) is 21.7 Å². The van der Waals surface area contributed by atoms with Crippen LogP contribution in [-0.4, -0.2) is 59.0 Å². The SMILES string of the molecule is CN1CCN(c2ccc(-c3nc4cc(NC(=O)c5cccc(Cl)c5)c(Cl)cc4[nH]3)cn2)CC1. The number of aromatic amines is 1. The van der Waals surface area contributed by atoms with E-state index >= 15 is 0 Å². The Bertz CT molecular complexity index is 1310. The first-order valence-corrected chi connectivity index (χ1v) is 11.4. The third-order valence-corrected chi connectivity index (χ3v) is 6.30. The highest BCUT2D eigenvalue weighted by Gasteiger charge is 2.16. The molecule has 0 bridgehead atoms. The number of amides is 1. The standard InChI is InChI=1S/C24H22Cl2N6O/c1-31-7-9-32(10-8-31)22-6-5-16(14-27-22)23-28-20-12-18(26)19(13-21(20)29-23)30-24(33)15-3-2-4-17(25)11-15/h2-6,11-14H,7-10H2,1H3,(H,28,29)(H,30,33). The van der Waals surface area contributed by atoms with E-state index in [4.69, 9.17) is 23.2 Å². The first-order valence-electron chi connectivity index (χ1n) is 10.6. The first-order chi connectivity index (χ1) is 16.0. The van der Waals surface area contributed by atoms with Crippen molar-refractivity contribution in [2.75, 3.05) is 43.4 Å². The molecule has 7 nitrogen and oxygen atoms in total. The lowest BCUT2D eigenvalue weighted by Gasteiger charge is -2.33. The average molecular weight is 481 g/mol. The molecule has 0 unspecified atom stereocenters. The van der Waals surface area contributed by atoms with Gasteiger partial charge in [-0.2, -0.15) is 0 Å². The normalized spacial score (nSPS) is 14.6. The van der Waals surface area contributed by atoms with Crippen molar-refractivity contribution in [1.82, 2.24) is 19.9 Å². The summed E-state index contributed by atoms with van der Waals surface area (Å²) in [6.07, 6.45) is 1.83. The van der Waals surface area contributed by atoms with Gasteiger partial charge in [0.2, 0.25) is 0 Å². The number of rotatable bonds is 4. The topological polar surface area (TPSA) is 77.1 Å². The highest BCUT2D eigenvalue weighted by Crippen LogP contribution is 2.30. The van der Waals surface area contributed by atoms with Gasteiger partial charge in [-0.1, -0.05) is 29.3 Å². The predicted octanol–water partition coefficient (Wildman–Crippen LogP) is 4.94. The van der Waals surface area contributed by atoms with Crippen LogP contribution in [0.15, 0.2) is 54.7 Å². The van der Waals surface area contributed by atoms with Gasteiger partial charge in [-0.25, -0.2) is 9.97 Å². The van der Waals surface area contributed by atoms with E-state index in [-0.39, 0.29) is 5.91 Å². The number of halogens is 2. The minimum Gasteiger partial charge on any atom is -0.354 e. The van der Waals surface area contributed by atoms with E-state index in [9.17, 15) is 4.79 Å². The number of nitrogens with zero attached hydrogens (tertiary/aromatic N) is 4. The number of nitrogens with one attached hydrogen (secondary N) is 2. The lowest BCUT2D eigenvalue weighted by molar-refractivity contribution is 0.102. The number of imidazole rings is 1. The van der Waals surface area contributed by atoms with Gasteiger partial charge in [0, 0.05) is 48.5 Å². The number of fused-ring (bicyclic) bond motifs is 1. The van der Waals surface area contributed by atoms with Crippen molar-refractivity contribution in [2.24, 2.45) is 0 Å². The van der Waals surface area contributed by atoms with Crippen LogP contribution in [0.2, 0.25) is 10.0 Å². The minimum absolute atomic E-state index is 0.293. The summed E-state index contributed by atoms with van der Waals surface area (Å²) >= 11 is 12.4. The largest absolute Gasteiger partial charge is 0.354 e. The van der Waals surface area contributed by atoms with Crippen molar-refractivity contribution in [3.8, 4) is 11.4 Å². The number of benzene rings is 2. The molecule has 3 heterocycles. The Morgan fingerprint density at radius 3 is 2.61 bits per heavy atom. The quantitative estimate of drug-likeness (QED) is 0.432. The number of piperazine rings is 1. The second-order valence-corrected chi connectivity index (χ2v) is 8.94. The zero-order chi connectivity index (χ0) is 22.9. The van der Waals surface area contributed by atoms with Gasteiger partial charge in [-0.05, 0) is 49.5 Å². The lowest BCUT2D eigenvalue weighted by Crippen LogP contribution is -2.44. The molecule has 0 aliphatic carbocycles. The van der Waals surface area contributed by atoms with E-state index in [0.717, 1.165) is 43.1 Å². The Labute approximate surface area is 201 Å². The Balaban J connectivity index is 1.37. The molecular formula is C24H22Cl2N6O.